The third-order valence-corrected chi connectivity index (χ3v) is 3.45. The number of aromatic carboxylic acids is 2. The lowest BCUT2D eigenvalue weighted by Crippen LogP contribution is -2.02. The molecular formula is C17H16O8. The molecule has 8 heteroatoms. The maximum Gasteiger partial charge on any atom is 0.335 e. The predicted molar refractivity (Wildman–Crippen MR) is 86.8 cm³/mol. The molecule has 0 fully saturated rings. The summed E-state index contributed by atoms with van der Waals surface area (Å²) >= 11 is 0. The molecule has 0 aliphatic carbocycles. The van der Waals surface area contributed by atoms with Crippen LogP contribution in [0, 0.1) is 0 Å². The van der Waals surface area contributed by atoms with Gasteiger partial charge in [0, 0.05) is 11.1 Å². The molecule has 0 unspecified atom stereocenters. The number of phenols is 2. The number of carboxylic acids is 2. The molecule has 0 amide bonds. The molecular weight excluding hydrogens is 332 g/mol. The number of benzene rings is 2. The van der Waals surface area contributed by atoms with Crippen LogP contribution in [0.25, 0.3) is 11.1 Å². The van der Waals surface area contributed by atoms with Gasteiger partial charge in [0.2, 0.25) is 0 Å². The van der Waals surface area contributed by atoms with Crippen molar-refractivity contribution in [1.82, 2.24) is 0 Å². The minimum absolute atomic E-state index is 0.0951. The van der Waals surface area contributed by atoms with Gasteiger partial charge in [-0.3, -0.25) is 0 Å². The SMILES string of the molecule is CCOc1cc(C(=O)O)cc(-c2cc(C(=O)O)cc(OC)c2O)c1O. The van der Waals surface area contributed by atoms with Crippen LogP contribution in [0.2, 0.25) is 0 Å². The van der Waals surface area contributed by atoms with Crippen molar-refractivity contribution in [1.29, 1.82) is 0 Å². The van der Waals surface area contributed by atoms with Gasteiger partial charge in [-0.05, 0) is 31.2 Å². The highest BCUT2D eigenvalue weighted by Gasteiger charge is 2.22. The van der Waals surface area contributed by atoms with E-state index in [0.717, 1.165) is 24.3 Å². The van der Waals surface area contributed by atoms with Crippen molar-refractivity contribution in [2.75, 3.05) is 13.7 Å². The highest BCUT2D eigenvalue weighted by molar-refractivity contribution is 5.95. The van der Waals surface area contributed by atoms with E-state index < -0.39 is 23.4 Å². The standard InChI is InChI=1S/C17H16O8/c1-3-25-13-7-9(17(22)23)5-11(15(13)19)10-4-8(16(20)21)6-12(24-2)14(10)18/h4-7,18-19H,3H2,1-2H3,(H,20,21)(H,22,23). The Hall–Kier alpha value is -3.42. The third kappa shape index (κ3) is 3.42. The van der Waals surface area contributed by atoms with Crippen molar-refractivity contribution in [2.24, 2.45) is 0 Å². The van der Waals surface area contributed by atoms with Crippen LogP contribution in [0.3, 0.4) is 0 Å². The lowest BCUT2D eigenvalue weighted by atomic mass is 9.97. The number of phenolic OH excluding ortho intramolecular Hbond substituents is 2. The third-order valence-electron chi connectivity index (χ3n) is 3.45. The first-order valence-electron chi connectivity index (χ1n) is 7.17. The Bertz CT molecular complexity index is 841. The Labute approximate surface area is 142 Å². The summed E-state index contributed by atoms with van der Waals surface area (Å²) in [5.41, 5.74) is -0.598. The van der Waals surface area contributed by atoms with Crippen LogP contribution in [0.4, 0.5) is 0 Å². The lowest BCUT2D eigenvalue weighted by molar-refractivity contribution is 0.0685. The van der Waals surface area contributed by atoms with Crippen LogP contribution in [0.1, 0.15) is 27.6 Å². The summed E-state index contributed by atoms with van der Waals surface area (Å²) in [4.78, 5) is 22.6. The first kappa shape index (κ1) is 17.9. The monoisotopic (exact) mass is 348 g/mol. The zero-order valence-electron chi connectivity index (χ0n) is 13.4. The Morgan fingerprint density at radius 3 is 1.72 bits per heavy atom. The molecule has 0 aliphatic rings. The van der Waals surface area contributed by atoms with E-state index >= 15 is 0 Å². The van der Waals surface area contributed by atoms with Crippen LogP contribution in [-0.4, -0.2) is 46.1 Å². The highest BCUT2D eigenvalue weighted by atomic mass is 16.5. The van der Waals surface area contributed by atoms with Gasteiger partial charge in [0.1, 0.15) is 0 Å². The van der Waals surface area contributed by atoms with Crippen molar-refractivity contribution in [3.8, 4) is 34.1 Å². The molecule has 2 aromatic rings. The van der Waals surface area contributed by atoms with E-state index in [1.807, 2.05) is 0 Å². The fourth-order valence-corrected chi connectivity index (χ4v) is 2.29. The van der Waals surface area contributed by atoms with Gasteiger partial charge in [0.05, 0.1) is 24.8 Å². The van der Waals surface area contributed by atoms with Gasteiger partial charge in [-0.1, -0.05) is 0 Å². The number of ether oxygens (including phenoxy) is 2. The summed E-state index contributed by atoms with van der Waals surface area (Å²) in [5.74, 6) is -3.65. The summed E-state index contributed by atoms with van der Waals surface area (Å²) in [6, 6.07) is 4.47. The van der Waals surface area contributed by atoms with Gasteiger partial charge in [-0.2, -0.15) is 0 Å². The van der Waals surface area contributed by atoms with Gasteiger partial charge in [0.25, 0.3) is 0 Å². The number of hydrogen-bond donors (Lipinski definition) is 4. The number of carboxylic acid groups (broad SMARTS) is 2. The minimum Gasteiger partial charge on any atom is -0.504 e. The fraction of sp³-hybridized carbons (Fsp3) is 0.176. The number of hydrogen-bond acceptors (Lipinski definition) is 6. The first-order chi connectivity index (χ1) is 11.8. The van der Waals surface area contributed by atoms with Crippen LogP contribution in [0.5, 0.6) is 23.0 Å². The Morgan fingerprint density at radius 1 is 0.880 bits per heavy atom. The molecule has 132 valence electrons. The summed E-state index contributed by atoms with van der Waals surface area (Å²) in [6.45, 7) is 1.82. The van der Waals surface area contributed by atoms with Crippen LogP contribution >= 0.6 is 0 Å². The van der Waals surface area contributed by atoms with Crippen molar-refractivity contribution < 1.29 is 39.5 Å². The molecule has 0 heterocycles. The van der Waals surface area contributed by atoms with E-state index in [9.17, 15) is 30.0 Å². The highest BCUT2D eigenvalue weighted by Crippen LogP contribution is 2.45. The molecule has 0 bridgehead atoms. The molecule has 8 nitrogen and oxygen atoms in total. The van der Waals surface area contributed by atoms with E-state index in [-0.39, 0.29) is 40.4 Å². The molecule has 0 radical (unpaired) electrons. The maximum absolute atomic E-state index is 11.3. The number of methoxy groups -OCH3 is 1. The largest absolute Gasteiger partial charge is 0.504 e. The second kappa shape index (κ2) is 7.00. The molecule has 25 heavy (non-hydrogen) atoms. The minimum atomic E-state index is -1.28. The van der Waals surface area contributed by atoms with E-state index in [4.69, 9.17) is 9.47 Å². The topological polar surface area (TPSA) is 134 Å². The molecule has 0 spiro atoms. The number of aromatic hydroxyl groups is 2. The quantitative estimate of drug-likeness (QED) is 0.626. The summed E-state index contributed by atoms with van der Waals surface area (Å²) in [5, 5.41) is 39.1. The van der Waals surface area contributed by atoms with Gasteiger partial charge in [-0.15, -0.1) is 0 Å². The fourth-order valence-electron chi connectivity index (χ4n) is 2.29. The van der Waals surface area contributed by atoms with E-state index in [2.05, 4.69) is 0 Å². The number of carbonyl (C=O) groups is 2. The van der Waals surface area contributed by atoms with Crippen LogP contribution in [-0.2, 0) is 0 Å². The average Bonchev–Trinajstić information content (AvgIpc) is 2.57. The molecule has 4 N–H and O–H groups in total. The lowest BCUT2D eigenvalue weighted by Gasteiger charge is -2.15. The normalized spacial score (nSPS) is 10.3. The van der Waals surface area contributed by atoms with E-state index in [1.165, 1.54) is 7.11 Å². The molecule has 0 saturated carbocycles. The predicted octanol–water partition coefficient (Wildman–Crippen LogP) is 2.57. The molecule has 0 atom stereocenters. The summed E-state index contributed by atoms with van der Waals surface area (Å²) in [6.07, 6.45) is 0. The Morgan fingerprint density at radius 2 is 1.32 bits per heavy atom. The van der Waals surface area contributed by atoms with Crippen LogP contribution in [0.15, 0.2) is 24.3 Å². The smallest absolute Gasteiger partial charge is 0.335 e. The molecule has 0 aromatic heterocycles. The van der Waals surface area contributed by atoms with Crippen LogP contribution < -0.4 is 9.47 Å². The molecule has 0 saturated heterocycles. The zero-order valence-corrected chi connectivity index (χ0v) is 13.4. The van der Waals surface area contributed by atoms with E-state index in [1.54, 1.807) is 6.92 Å². The summed E-state index contributed by atoms with van der Waals surface area (Å²) < 4.78 is 10.2. The van der Waals surface area contributed by atoms with Gasteiger partial charge >= 0.3 is 11.9 Å². The number of rotatable bonds is 6. The van der Waals surface area contributed by atoms with Gasteiger partial charge < -0.3 is 29.9 Å². The van der Waals surface area contributed by atoms with Gasteiger partial charge in [-0.25, -0.2) is 9.59 Å². The summed E-state index contributed by atoms with van der Waals surface area (Å²) in [7, 11) is 1.24. The van der Waals surface area contributed by atoms with Crippen molar-refractivity contribution in [3.05, 3.63) is 35.4 Å². The molecule has 2 aromatic carbocycles. The average molecular weight is 348 g/mol. The van der Waals surface area contributed by atoms with Crippen molar-refractivity contribution >= 4 is 11.9 Å². The maximum atomic E-state index is 11.3. The molecule has 2 rings (SSSR count). The second-order valence-electron chi connectivity index (χ2n) is 4.99. The zero-order chi connectivity index (χ0) is 18.7. The Balaban J connectivity index is 2.82. The van der Waals surface area contributed by atoms with Crippen molar-refractivity contribution in [2.45, 2.75) is 6.92 Å². The first-order valence-corrected chi connectivity index (χ1v) is 7.17. The Kier molecular flexibility index (Phi) is 5.02. The molecule has 0 aliphatic heterocycles. The van der Waals surface area contributed by atoms with Gasteiger partial charge in [0.15, 0.2) is 23.0 Å². The van der Waals surface area contributed by atoms with Crippen molar-refractivity contribution in [3.63, 3.8) is 0 Å². The van der Waals surface area contributed by atoms with E-state index in [0.29, 0.717) is 0 Å². The second-order valence-corrected chi connectivity index (χ2v) is 4.99.